The van der Waals surface area contributed by atoms with Crippen LogP contribution in [0.3, 0.4) is 0 Å². The van der Waals surface area contributed by atoms with E-state index in [9.17, 15) is 9.59 Å². The van der Waals surface area contributed by atoms with Gasteiger partial charge < -0.3 is 10.6 Å². The summed E-state index contributed by atoms with van der Waals surface area (Å²) < 4.78 is 0. The summed E-state index contributed by atoms with van der Waals surface area (Å²) in [6.45, 7) is 12.6. The Bertz CT molecular complexity index is 902. The number of carbonyl (C=O) groups is 2. The fourth-order valence-electron chi connectivity index (χ4n) is 9.68. The smallest absolute Gasteiger partial charge is 0.220 e. The minimum Gasteiger partial charge on any atom is -0.356 e. The molecule has 4 aliphatic carbocycles. The first-order valence-corrected chi connectivity index (χ1v) is 23.2. The molecular weight excluding hydrogens is 625 g/mol. The SMILES string of the molecule is CCCCCC1CC1CC1CC1CCCCCCCC(=O)NCC(CNC(=O)CCCCCCCC1CC1CC1CC1CCCCC)C(C)(C)C. The van der Waals surface area contributed by atoms with E-state index in [1.54, 1.807) is 12.8 Å². The number of hydrogen-bond acceptors (Lipinski definition) is 2. The molecule has 8 unspecified atom stereocenters. The van der Waals surface area contributed by atoms with Gasteiger partial charge in [0, 0.05) is 25.9 Å². The lowest BCUT2D eigenvalue weighted by atomic mass is 9.80. The number of hydrogen-bond donors (Lipinski definition) is 2. The molecule has 2 N–H and O–H groups in total. The largest absolute Gasteiger partial charge is 0.356 e. The number of carbonyl (C=O) groups excluding carboxylic acids is 2. The molecule has 4 heteroatoms. The number of amides is 2. The average Bonchev–Trinajstić information content (AvgIpc) is 3.91. The van der Waals surface area contributed by atoms with E-state index in [2.05, 4.69) is 45.3 Å². The fraction of sp³-hybridized carbons (Fsp3) is 0.957. The summed E-state index contributed by atoms with van der Waals surface area (Å²) in [4.78, 5) is 25.3. The van der Waals surface area contributed by atoms with Crippen LogP contribution in [-0.4, -0.2) is 24.9 Å². The van der Waals surface area contributed by atoms with Gasteiger partial charge in [0.2, 0.25) is 11.8 Å². The molecule has 4 aliphatic rings. The van der Waals surface area contributed by atoms with Crippen LogP contribution in [0, 0.1) is 58.7 Å². The second-order valence-electron chi connectivity index (χ2n) is 19.8. The molecule has 8 atom stereocenters. The second kappa shape index (κ2) is 23.0. The Hall–Kier alpha value is -1.06. The van der Waals surface area contributed by atoms with Gasteiger partial charge in [-0.2, -0.15) is 0 Å². The summed E-state index contributed by atoms with van der Waals surface area (Å²) in [5, 5.41) is 6.40. The molecule has 4 nitrogen and oxygen atoms in total. The quantitative estimate of drug-likeness (QED) is 0.0683. The van der Waals surface area contributed by atoms with Crippen molar-refractivity contribution in [1.82, 2.24) is 10.6 Å². The summed E-state index contributed by atoms with van der Waals surface area (Å²) >= 11 is 0. The first-order chi connectivity index (χ1) is 24.7. The van der Waals surface area contributed by atoms with Crippen molar-refractivity contribution in [2.75, 3.05) is 13.1 Å². The Balaban J connectivity index is 0.905. The maximum atomic E-state index is 12.6. The molecule has 0 radical (unpaired) electrons. The number of rotatable bonds is 32. The molecule has 4 fully saturated rings. The van der Waals surface area contributed by atoms with Crippen LogP contribution in [0.15, 0.2) is 0 Å². The van der Waals surface area contributed by atoms with Gasteiger partial charge in [-0.1, -0.05) is 150 Å². The zero-order chi connectivity index (χ0) is 36.5. The monoisotopic (exact) mass is 711 g/mol. The van der Waals surface area contributed by atoms with Crippen molar-refractivity contribution in [2.24, 2.45) is 58.7 Å². The molecule has 0 saturated heterocycles. The lowest BCUT2D eigenvalue weighted by Gasteiger charge is -2.31. The maximum absolute atomic E-state index is 12.6. The van der Waals surface area contributed by atoms with Crippen LogP contribution in [0.4, 0.5) is 0 Å². The summed E-state index contributed by atoms with van der Waals surface area (Å²) in [6, 6.07) is 0. The summed E-state index contributed by atoms with van der Waals surface area (Å²) in [5.41, 5.74) is 0.0334. The van der Waals surface area contributed by atoms with Gasteiger partial charge in [0.05, 0.1) is 0 Å². The summed E-state index contributed by atoms with van der Waals surface area (Å²) in [6.07, 6.45) is 37.2. The highest BCUT2D eigenvalue weighted by Crippen LogP contribution is 2.55. The average molecular weight is 711 g/mol. The first-order valence-electron chi connectivity index (χ1n) is 23.2. The molecule has 296 valence electrons. The molecule has 0 spiro atoms. The van der Waals surface area contributed by atoms with E-state index in [4.69, 9.17) is 0 Å². The Labute approximate surface area is 317 Å². The Morgan fingerprint density at radius 2 is 0.784 bits per heavy atom. The van der Waals surface area contributed by atoms with Gasteiger partial charge in [-0.05, 0) is 110 Å². The van der Waals surface area contributed by atoms with Gasteiger partial charge in [-0.3, -0.25) is 9.59 Å². The fourth-order valence-corrected chi connectivity index (χ4v) is 9.68. The van der Waals surface area contributed by atoms with Crippen LogP contribution in [0.5, 0.6) is 0 Å². The molecule has 0 heterocycles. The first kappa shape index (κ1) is 42.7. The van der Waals surface area contributed by atoms with Gasteiger partial charge in [0.1, 0.15) is 0 Å². The normalized spacial score (nSPS) is 28.3. The van der Waals surface area contributed by atoms with E-state index >= 15 is 0 Å². The highest BCUT2D eigenvalue weighted by molar-refractivity contribution is 5.76. The van der Waals surface area contributed by atoms with Crippen LogP contribution < -0.4 is 10.6 Å². The van der Waals surface area contributed by atoms with Crippen molar-refractivity contribution in [2.45, 2.75) is 214 Å². The van der Waals surface area contributed by atoms with Crippen molar-refractivity contribution >= 4 is 11.8 Å². The molecule has 0 aromatic rings. The van der Waals surface area contributed by atoms with Crippen LogP contribution in [0.25, 0.3) is 0 Å². The van der Waals surface area contributed by atoms with Crippen LogP contribution in [0.2, 0.25) is 0 Å². The van der Waals surface area contributed by atoms with Gasteiger partial charge in [0.15, 0.2) is 0 Å². The maximum Gasteiger partial charge on any atom is 0.220 e. The van der Waals surface area contributed by atoms with E-state index in [0.29, 0.717) is 25.9 Å². The van der Waals surface area contributed by atoms with E-state index < -0.39 is 0 Å². The minimum atomic E-state index is 0.0334. The topological polar surface area (TPSA) is 58.2 Å². The van der Waals surface area contributed by atoms with E-state index in [0.717, 1.165) is 60.2 Å². The van der Waals surface area contributed by atoms with Crippen molar-refractivity contribution in [3.8, 4) is 0 Å². The van der Waals surface area contributed by atoms with Crippen molar-refractivity contribution in [3.63, 3.8) is 0 Å². The van der Waals surface area contributed by atoms with E-state index in [-0.39, 0.29) is 23.1 Å². The van der Waals surface area contributed by atoms with Crippen molar-refractivity contribution < 1.29 is 9.59 Å². The highest BCUT2D eigenvalue weighted by atomic mass is 16.2. The summed E-state index contributed by atoms with van der Waals surface area (Å²) in [7, 11) is 0. The van der Waals surface area contributed by atoms with E-state index in [1.165, 1.54) is 141 Å². The molecular formula is C47H86N2O2. The predicted octanol–water partition coefficient (Wildman–Crippen LogP) is 12.8. The van der Waals surface area contributed by atoms with Gasteiger partial charge in [-0.15, -0.1) is 0 Å². The molecule has 51 heavy (non-hydrogen) atoms. The Morgan fingerprint density at radius 3 is 1.12 bits per heavy atom. The second-order valence-corrected chi connectivity index (χ2v) is 19.8. The lowest BCUT2D eigenvalue weighted by Crippen LogP contribution is -2.42. The summed E-state index contributed by atoms with van der Waals surface area (Å²) in [5.74, 6) is 9.15. The molecule has 0 aromatic heterocycles. The van der Waals surface area contributed by atoms with Gasteiger partial charge >= 0.3 is 0 Å². The van der Waals surface area contributed by atoms with Crippen LogP contribution >= 0.6 is 0 Å². The standard InChI is InChI=1S/C47H86N2O2/c1-6-8-16-22-36-28-40(36)32-42-30-38(42)24-18-12-10-14-20-26-45(50)48-34-44(47(3,4)5)35-49-46(51)27-21-15-11-13-19-25-39-31-43(39)33-41-29-37(41)23-17-9-7-2/h36-44H,6-35H2,1-5H3,(H,48,50)(H,49,51). The predicted molar refractivity (Wildman–Crippen MR) is 218 cm³/mol. The van der Waals surface area contributed by atoms with Crippen LogP contribution in [0.1, 0.15) is 214 Å². The molecule has 0 bridgehead atoms. The molecule has 0 aliphatic heterocycles. The molecule has 2 amide bonds. The van der Waals surface area contributed by atoms with Crippen LogP contribution in [-0.2, 0) is 9.59 Å². The molecule has 4 saturated carbocycles. The Kier molecular flexibility index (Phi) is 19.2. The molecule has 4 rings (SSSR count). The number of unbranched alkanes of at least 4 members (excludes halogenated alkanes) is 12. The van der Waals surface area contributed by atoms with E-state index in [1.807, 2.05) is 0 Å². The van der Waals surface area contributed by atoms with Gasteiger partial charge in [-0.25, -0.2) is 0 Å². The zero-order valence-electron chi connectivity index (χ0n) is 34.7. The number of nitrogens with one attached hydrogen (secondary N) is 2. The highest BCUT2D eigenvalue weighted by Gasteiger charge is 2.45. The third-order valence-corrected chi connectivity index (χ3v) is 14.1. The van der Waals surface area contributed by atoms with Crippen molar-refractivity contribution in [3.05, 3.63) is 0 Å². The van der Waals surface area contributed by atoms with Crippen molar-refractivity contribution in [1.29, 1.82) is 0 Å². The molecule has 0 aromatic carbocycles. The lowest BCUT2D eigenvalue weighted by molar-refractivity contribution is -0.121. The Morgan fingerprint density at radius 1 is 0.471 bits per heavy atom. The third kappa shape index (κ3) is 18.2. The van der Waals surface area contributed by atoms with Gasteiger partial charge in [0.25, 0.3) is 0 Å². The zero-order valence-corrected chi connectivity index (χ0v) is 34.7. The third-order valence-electron chi connectivity index (χ3n) is 14.1. The minimum absolute atomic E-state index is 0.0334.